The molecular weight excluding hydrogens is 823 g/mol. The van der Waals surface area contributed by atoms with E-state index < -0.39 is 89.6 Å². The smallest absolute Gasteiger partial charge is 0.329 e. The maximum atomic E-state index is 14.3. The highest BCUT2D eigenvalue weighted by atomic mass is 16.6. The highest BCUT2D eigenvalue weighted by molar-refractivity contribution is 6.39. The number of carbonyl (C=O) groups excluding carboxylic acids is 5. The van der Waals surface area contributed by atoms with Gasteiger partial charge in [0.25, 0.3) is 11.7 Å². The molecule has 0 aromatic heterocycles. The van der Waals surface area contributed by atoms with Gasteiger partial charge in [0, 0.05) is 51.4 Å². The molecule has 2 bridgehead atoms. The van der Waals surface area contributed by atoms with Gasteiger partial charge in [0.1, 0.15) is 30.1 Å². The zero-order valence-electron chi connectivity index (χ0n) is 39.6. The molecule has 0 aromatic carbocycles. The zero-order chi connectivity index (χ0) is 47.5. The van der Waals surface area contributed by atoms with Crippen molar-refractivity contribution in [2.45, 2.75) is 180 Å². The second-order valence-electron chi connectivity index (χ2n) is 19.4. The number of hydrogen-bond donors (Lipinski definition) is 4. The predicted molar refractivity (Wildman–Crippen MR) is 240 cm³/mol. The van der Waals surface area contributed by atoms with Crippen LogP contribution in [0.25, 0.3) is 0 Å². The Morgan fingerprint density at radius 2 is 1.56 bits per heavy atom. The van der Waals surface area contributed by atoms with Crippen LogP contribution in [-0.2, 0) is 42.9 Å². The normalized spacial score (nSPS) is 39.5. The summed E-state index contributed by atoms with van der Waals surface area (Å²) in [6.45, 7) is 12.4. The van der Waals surface area contributed by atoms with E-state index in [1.54, 1.807) is 41.9 Å². The van der Waals surface area contributed by atoms with Gasteiger partial charge in [0.2, 0.25) is 5.79 Å². The first-order chi connectivity index (χ1) is 30.2. The minimum Gasteiger partial charge on any atom is -0.460 e. The molecule has 4 aliphatic rings. The maximum absolute atomic E-state index is 14.3. The fourth-order valence-corrected chi connectivity index (χ4v) is 9.89. The summed E-state index contributed by atoms with van der Waals surface area (Å²) in [5.41, 5.74) is 1.11. The molecule has 2 saturated heterocycles. The number of piperidine rings is 1. The second kappa shape index (κ2) is 24.4. The van der Waals surface area contributed by atoms with Crippen molar-refractivity contribution < 1.29 is 63.3 Å². The minimum absolute atomic E-state index is 0.0365. The molecule has 0 unspecified atom stereocenters. The van der Waals surface area contributed by atoms with Crippen molar-refractivity contribution in [2.75, 3.05) is 20.8 Å². The number of amides is 1. The van der Waals surface area contributed by atoms with Gasteiger partial charge in [-0.25, -0.2) is 4.79 Å². The largest absolute Gasteiger partial charge is 0.460 e. The van der Waals surface area contributed by atoms with Gasteiger partial charge in [-0.1, -0.05) is 71.1 Å². The Kier molecular flexibility index (Phi) is 20.3. The zero-order valence-corrected chi connectivity index (χ0v) is 39.6. The number of rotatable bonds is 5. The van der Waals surface area contributed by atoms with Crippen molar-refractivity contribution in [1.82, 2.24) is 4.90 Å². The van der Waals surface area contributed by atoms with Gasteiger partial charge in [-0.05, 0) is 107 Å². The van der Waals surface area contributed by atoms with E-state index in [9.17, 15) is 44.4 Å². The Morgan fingerprint density at radius 3 is 2.25 bits per heavy atom. The molecule has 0 spiro atoms. The van der Waals surface area contributed by atoms with E-state index in [0.717, 1.165) is 5.57 Å². The monoisotopic (exact) mass is 900 g/mol. The van der Waals surface area contributed by atoms with Crippen LogP contribution in [0.4, 0.5) is 0 Å². The molecular formula is C50H77NO13. The minimum atomic E-state index is -2.44. The summed E-state index contributed by atoms with van der Waals surface area (Å²) in [5.74, 6) is -8.59. The fraction of sp³-hybridized carbons (Fsp3) is 0.740. The number of allylic oxidation sites excluding steroid dienone is 6. The van der Waals surface area contributed by atoms with Crippen LogP contribution in [0.5, 0.6) is 0 Å². The Bertz CT molecular complexity index is 1740. The van der Waals surface area contributed by atoms with Crippen molar-refractivity contribution in [3.8, 4) is 0 Å². The first-order valence-electron chi connectivity index (χ1n) is 23.5. The van der Waals surface area contributed by atoms with Crippen LogP contribution in [0.1, 0.15) is 126 Å². The van der Waals surface area contributed by atoms with Crippen molar-refractivity contribution in [1.29, 1.82) is 0 Å². The molecule has 1 saturated carbocycles. The van der Waals surface area contributed by atoms with Gasteiger partial charge in [-0.2, -0.15) is 0 Å². The summed E-state index contributed by atoms with van der Waals surface area (Å²) in [7, 11) is 3.12. The van der Waals surface area contributed by atoms with Crippen molar-refractivity contribution in [3.05, 3.63) is 47.6 Å². The van der Waals surface area contributed by atoms with Gasteiger partial charge in [0.15, 0.2) is 5.78 Å². The van der Waals surface area contributed by atoms with E-state index >= 15 is 0 Å². The molecule has 1 amide bonds. The lowest BCUT2D eigenvalue weighted by molar-refractivity contribution is -0.265. The number of nitrogens with zero attached hydrogens (tertiary/aromatic N) is 1. The lowest BCUT2D eigenvalue weighted by Gasteiger charge is -2.42. The second-order valence-corrected chi connectivity index (χ2v) is 19.4. The van der Waals surface area contributed by atoms with E-state index in [1.807, 2.05) is 51.2 Å². The van der Waals surface area contributed by atoms with Gasteiger partial charge in [0.05, 0.1) is 24.4 Å². The molecule has 15 atom stereocenters. The summed E-state index contributed by atoms with van der Waals surface area (Å²) in [5, 5.41) is 44.5. The maximum Gasteiger partial charge on any atom is 0.329 e. The Hall–Kier alpha value is -3.37. The molecule has 14 heteroatoms. The van der Waals surface area contributed by atoms with Gasteiger partial charge >= 0.3 is 5.97 Å². The topological polar surface area (TPSA) is 206 Å². The number of aliphatic hydroxyl groups excluding tert-OH is 3. The highest BCUT2D eigenvalue weighted by Gasteiger charge is 2.53. The number of ketones is 3. The van der Waals surface area contributed by atoms with Gasteiger partial charge in [-0.15, -0.1) is 0 Å². The fourth-order valence-electron chi connectivity index (χ4n) is 9.89. The van der Waals surface area contributed by atoms with Gasteiger partial charge < -0.3 is 44.3 Å². The summed E-state index contributed by atoms with van der Waals surface area (Å²) < 4.78 is 23.7. The standard InChI is InChI=1S/C50H77NO13/c1-29-15-11-10-12-16-30(2)41(61-8)27-37-20-18-35(7)50(60,64-37)47(57)48(58)51-22-14-13-17-38(51)49(59)63-42(32(4)25-36-19-21-39(52)43(26-36)62-9)28-40(53)31(3)24-34(6)45(55)46(56)44(54)33(5)23-29/h10-12,15-16,24,29,31-33,35-39,41-43,45-46,52,55-56,60H,13-14,17-23,25-28H2,1-9H3/b12-10?,15-11+,30-16?,34-24+/t29-,31-,32-,33-,35-,36+,37+,38+,39-,41+,42+,43-,45-,46+,50-/m1/s1. The molecule has 64 heavy (non-hydrogen) atoms. The molecule has 1 aliphatic carbocycles. The lowest BCUT2D eigenvalue weighted by atomic mass is 9.78. The molecule has 0 aromatic rings. The van der Waals surface area contributed by atoms with Crippen LogP contribution in [0.2, 0.25) is 0 Å². The molecule has 3 aliphatic heterocycles. The number of carbonyl (C=O) groups is 5. The van der Waals surface area contributed by atoms with Crippen molar-refractivity contribution >= 4 is 29.2 Å². The van der Waals surface area contributed by atoms with E-state index in [-0.39, 0.29) is 54.6 Å². The van der Waals surface area contributed by atoms with Crippen LogP contribution in [0.15, 0.2) is 47.6 Å². The van der Waals surface area contributed by atoms with Crippen LogP contribution in [0, 0.1) is 35.5 Å². The van der Waals surface area contributed by atoms with Crippen LogP contribution in [0.3, 0.4) is 0 Å². The number of fused-ring (bicyclic) bond motifs is 3. The summed E-state index contributed by atoms with van der Waals surface area (Å²) in [4.78, 5) is 71.2. The third-order valence-corrected chi connectivity index (χ3v) is 14.2. The SMILES string of the molecule is CO[C@H]1C[C@@H]2CC[C@@H](C)[C@@](O)(O2)C(=O)C(=O)N2CCCC[C@H]2C(=O)O[C@H]([C@H](C)C[C@@H]2CC[C@@H](O)[C@H](OC)C2)CC(=O)[C@H](C)/C=C(\C)[C@@H](O)[C@@H](O)C(=O)[C@H](C)C[C@H](C)/C=C/C=CC=C1C. The van der Waals surface area contributed by atoms with E-state index in [4.69, 9.17) is 18.9 Å². The number of aliphatic hydroxyl groups is 4. The van der Waals surface area contributed by atoms with Crippen LogP contribution in [-0.4, -0.2) is 130 Å². The van der Waals surface area contributed by atoms with E-state index in [2.05, 4.69) is 0 Å². The molecule has 3 fully saturated rings. The Labute approximate surface area is 380 Å². The highest BCUT2D eigenvalue weighted by Crippen LogP contribution is 2.38. The van der Waals surface area contributed by atoms with Crippen molar-refractivity contribution in [2.24, 2.45) is 35.5 Å². The molecule has 360 valence electrons. The first kappa shape index (κ1) is 53.2. The summed E-state index contributed by atoms with van der Waals surface area (Å²) in [6, 6.07) is -1.15. The first-order valence-corrected chi connectivity index (χ1v) is 23.5. The predicted octanol–water partition coefficient (Wildman–Crippen LogP) is 5.53. The number of methoxy groups -OCH3 is 2. The number of esters is 1. The van der Waals surface area contributed by atoms with Crippen molar-refractivity contribution in [3.63, 3.8) is 0 Å². The molecule has 4 N–H and O–H groups in total. The Balaban J connectivity index is 1.69. The molecule has 4 rings (SSSR count). The number of cyclic esters (lactones) is 1. The van der Waals surface area contributed by atoms with Crippen LogP contribution >= 0.6 is 0 Å². The number of Topliss-reactive ketones (excluding diaryl/α,β-unsaturated/α-hetero) is 3. The summed E-state index contributed by atoms with van der Waals surface area (Å²) >= 11 is 0. The third kappa shape index (κ3) is 13.8. The van der Waals surface area contributed by atoms with Gasteiger partial charge in [-0.3, -0.25) is 19.2 Å². The lowest BCUT2D eigenvalue weighted by Crippen LogP contribution is -2.61. The molecule has 14 nitrogen and oxygen atoms in total. The van der Waals surface area contributed by atoms with Crippen LogP contribution < -0.4 is 0 Å². The number of hydrogen-bond acceptors (Lipinski definition) is 13. The number of ether oxygens (including phenoxy) is 4. The average Bonchev–Trinajstić information content (AvgIpc) is 3.27. The molecule has 3 heterocycles. The molecule has 0 radical (unpaired) electrons. The van der Waals surface area contributed by atoms with E-state index in [0.29, 0.717) is 64.2 Å². The average molecular weight is 900 g/mol. The summed E-state index contributed by atoms with van der Waals surface area (Å²) in [6.07, 6.45) is 9.84. The third-order valence-electron chi connectivity index (χ3n) is 14.2. The Morgan fingerprint density at radius 1 is 0.844 bits per heavy atom. The van der Waals surface area contributed by atoms with E-state index in [1.165, 1.54) is 11.0 Å². The quantitative estimate of drug-likeness (QED) is 0.153.